The number of fused-ring (bicyclic) bond motifs is 2. The van der Waals surface area contributed by atoms with Crippen LogP contribution in [0.1, 0.15) is 84.4 Å². The first-order valence-electron chi connectivity index (χ1n) is 15.5. The lowest BCUT2D eigenvalue weighted by Gasteiger charge is -2.49. The quantitative estimate of drug-likeness (QED) is 0.205. The van der Waals surface area contributed by atoms with Gasteiger partial charge in [-0.1, -0.05) is 54.8 Å². The van der Waals surface area contributed by atoms with Gasteiger partial charge in [-0.3, -0.25) is 14.4 Å². The Hall–Kier alpha value is -3.75. The summed E-state index contributed by atoms with van der Waals surface area (Å²) in [6.45, 7) is 3.30. The van der Waals surface area contributed by atoms with Crippen molar-refractivity contribution < 1.29 is 37.0 Å². The number of carbonyl (C=O) groups excluding carboxylic acids is 2. The van der Waals surface area contributed by atoms with Gasteiger partial charge in [-0.05, 0) is 48.2 Å². The maximum Gasteiger partial charge on any atom is 0.261 e. The Morgan fingerprint density at radius 3 is 2.57 bits per heavy atom. The molecular formula is C33H37ClN4O8S. The summed E-state index contributed by atoms with van der Waals surface area (Å²) in [5.41, 5.74) is 4.54. The molecule has 1 aromatic heterocycles. The highest BCUT2D eigenvalue weighted by molar-refractivity contribution is 7.88. The number of hydrogen-bond acceptors (Lipinski definition) is 8. The number of hydrogen-bond donors (Lipinski definition) is 2. The molecular weight excluding hydrogens is 648 g/mol. The van der Waals surface area contributed by atoms with Gasteiger partial charge in [-0.15, -0.1) is 0 Å². The number of hydroxylamine groups is 1. The summed E-state index contributed by atoms with van der Waals surface area (Å²) >= 11 is 6.24. The van der Waals surface area contributed by atoms with Crippen LogP contribution in [0.4, 0.5) is 0 Å². The van der Waals surface area contributed by atoms with Crippen LogP contribution >= 0.6 is 11.6 Å². The maximum atomic E-state index is 14.3. The van der Waals surface area contributed by atoms with E-state index in [1.165, 1.54) is 0 Å². The molecule has 0 bridgehead atoms. The molecule has 3 aliphatic rings. The zero-order valence-corrected chi connectivity index (χ0v) is 27.8. The molecule has 2 aliphatic heterocycles. The summed E-state index contributed by atoms with van der Waals surface area (Å²) < 4.78 is 39.5. The Morgan fingerprint density at radius 1 is 1.11 bits per heavy atom. The van der Waals surface area contributed by atoms with Gasteiger partial charge in [0.15, 0.2) is 12.4 Å². The van der Waals surface area contributed by atoms with Crippen LogP contribution in [-0.2, 0) is 37.6 Å². The lowest BCUT2D eigenvalue weighted by atomic mass is 9.76. The van der Waals surface area contributed by atoms with Gasteiger partial charge < -0.3 is 19.6 Å². The second-order valence-corrected chi connectivity index (χ2v) is 14.8. The number of aromatic nitrogens is 1. The second kappa shape index (κ2) is 13.0. The van der Waals surface area contributed by atoms with Gasteiger partial charge in [0.05, 0.1) is 18.2 Å². The zero-order valence-electron chi connectivity index (χ0n) is 26.3. The summed E-state index contributed by atoms with van der Waals surface area (Å²) in [7, 11) is -3.59. The number of pyridine rings is 1. The average molecular weight is 685 g/mol. The summed E-state index contributed by atoms with van der Waals surface area (Å²) in [6.07, 6.45) is 3.77. The Labute approximate surface area is 278 Å². The van der Waals surface area contributed by atoms with Crippen molar-refractivity contribution in [2.45, 2.75) is 82.6 Å². The number of ether oxygens (including phenoxy) is 2. The van der Waals surface area contributed by atoms with E-state index in [-0.39, 0.29) is 24.8 Å². The van der Waals surface area contributed by atoms with Crippen LogP contribution in [0.2, 0.25) is 5.02 Å². The minimum atomic E-state index is -3.59. The third kappa shape index (κ3) is 6.95. The summed E-state index contributed by atoms with van der Waals surface area (Å²) in [5.74, 6) is -2.24. The molecule has 1 saturated carbocycles. The van der Waals surface area contributed by atoms with E-state index >= 15 is 0 Å². The summed E-state index contributed by atoms with van der Waals surface area (Å²) in [4.78, 5) is 35.8. The number of sulfonamides is 1. The fraction of sp³-hybridized carbons (Fsp3) is 0.424. The van der Waals surface area contributed by atoms with Gasteiger partial charge in [0, 0.05) is 42.6 Å². The highest BCUT2D eigenvalue weighted by atomic mass is 35.5. The molecule has 0 unspecified atom stereocenters. The SMILES string of the molecule is CC1(C)OCc2c(ccc(CONC(=O)[C@@H]3c4ccccc4C(=O)N([C@H]4CCCC[C@@H]4NS(C)(=O)=O)[C@H]3c3ccc(Cl)cc3)[n+]2[O-])O1. The van der Waals surface area contributed by atoms with Crippen LogP contribution in [0.25, 0.3) is 0 Å². The van der Waals surface area contributed by atoms with E-state index in [1.54, 1.807) is 79.4 Å². The molecule has 0 radical (unpaired) electrons. The van der Waals surface area contributed by atoms with Gasteiger partial charge in [0.25, 0.3) is 17.5 Å². The van der Waals surface area contributed by atoms with Crippen LogP contribution in [0, 0.1) is 5.21 Å². The van der Waals surface area contributed by atoms with Crippen LogP contribution in [0.15, 0.2) is 60.7 Å². The van der Waals surface area contributed by atoms with Crippen LogP contribution in [0.3, 0.4) is 0 Å². The number of nitrogens with one attached hydrogen (secondary N) is 2. The molecule has 1 fully saturated rings. The maximum absolute atomic E-state index is 14.3. The van der Waals surface area contributed by atoms with Crippen molar-refractivity contribution in [2.24, 2.45) is 0 Å². The first kappa shape index (κ1) is 33.2. The average Bonchev–Trinajstić information content (AvgIpc) is 3.02. The van der Waals surface area contributed by atoms with Crippen molar-refractivity contribution in [2.75, 3.05) is 6.26 Å². The van der Waals surface area contributed by atoms with E-state index in [2.05, 4.69) is 10.2 Å². The van der Waals surface area contributed by atoms with E-state index in [1.807, 2.05) is 0 Å². The number of rotatable bonds is 8. The number of carbonyl (C=O) groups is 2. The molecule has 0 saturated heterocycles. The highest BCUT2D eigenvalue weighted by Gasteiger charge is 2.49. The van der Waals surface area contributed by atoms with Gasteiger partial charge in [0.1, 0.15) is 6.61 Å². The largest absolute Gasteiger partial charge is 0.618 e. The lowest BCUT2D eigenvalue weighted by molar-refractivity contribution is -0.630. The summed E-state index contributed by atoms with van der Waals surface area (Å²) in [5, 5.41) is 13.6. The smallest absolute Gasteiger partial charge is 0.261 e. The Kier molecular flexibility index (Phi) is 9.20. The molecule has 47 heavy (non-hydrogen) atoms. The molecule has 3 aromatic rings. The second-order valence-electron chi connectivity index (χ2n) is 12.6. The molecule has 3 heterocycles. The molecule has 2 aromatic carbocycles. The van der Waals surface area contributed by atoms with Crippen LogP contribution in [-0.4, -0.2) is 49.3 Å². The van der Waals surface area contributed by atoms with E-state index in [0.29, 0.717) is 50.7 Å². The topological polar surface area (TPSA) is 150 Å². The molecule has 12 nitrogen and oxygen atoms in total. The zero-order chi connectivity index (χ0) is 33.5. The van der Waals surface area contributed by atoms with Gasteiger partial charge >= 0.3 is 0 Å². The Bertz CT molecular complexity index is 1790. The highest BCUT2D eigenvalue weighted by Crippen LogP contribution is 2.46. The molecule has 2 N–H and O–H groups in total. The van der Waals surface area contributed by atoms with E-state index < -0.39 is 45.8 Å². The third-order valence-electron chi connectivity index (χ3n) is 8.84. The molecule has 2 amide bonds. The first-order chi connectivity index (χ1) is 22.3. The van der Waals surface area contributed by atoms with Crippen LogP contribution < -0.4 is 19.7 Å². The van der Waals surface area contributed by atoms with Gasteiger partial charge in [-0.2, -0.15) is 4.73 Å². The van der Waals surface area contributed by atoms with E-state index in [9.17, 15) is 23.2 Å². The monoisotopic (exact) mass is 684 g/mol. The third-order valence-corrected chi connectivity index (χ3v) is 9.83. The standard InChI is InChI=1S/C33H37ClN4O8S/c1-33(2)44-19-27-28(46-33)17-16-22(38(27)41)18-45-35-31(39)29-23-8-4-5-9-24(23)32(40)37(30(29)20-12-14-21(34)15-13-20)26-11-7-6-10-25(26)36-47(3,42)43/h4-5,8-9,12-17,25-26,29-30,36H,6-7,10-11,18-19H2,1-3H3,(H,35,39)/t25-,26-,29+,30-/m0/s1. The predicted molar refractivity (Wildman–Crippen MR) is 171 cm³/mol. The number of halogens is 1. The van der Waals surface area contributed by atoms with E-state index in [0.717, 1.165) is 19.1 Å². The molecule has 4 atom stereocenters. The van der Waals surface area contributed by atoms with Crippen molar-refractivity contribution in [3.63, 3.8) is 0 Å². The fourth-order valence-corrected chi connectivity index (χ4v) is 7.74. The molecule has 6 rings (SSSR count). The molecule has 0 spiro atoms. The molecule has 1 aliphatic carbocycles. The van der Waals surface area contributed by atoms with Crippen molar-refractivity contribution in [1.82, 2.24) is 15.1 Å². The van der Waals surface area contributed by atoms with Crippen molar-refractivity contribution >= 4 is 33.4 Å². The van der Waals surface area contributed by atoms with Crippen molar-refractivity contribution in [3.05, 3.63) is 99.0 Å². The molecule has 250 valence electrons. The van der Waals surface area contributed by atoms with Crippen molar-refractivity contribution in [1.29, 1.82) is 0 Å². The number of benzene rings is 2. The minimum absolute atomic E-state index is 0.0495. The first-order valence-corrected chi connectivity index (χ1v) is 17.7. The molecule has 14 heteroatoms. The summed E-state index contributed by atoms with van der Waals surface area (Å²) in [6, 6.07) is 15.1. The van der Waals surface area contributed by atoms with E-state index in [4.69, 9.17) is 25.9 Å². The number of amides is 2. The van der Waals surface area contributed by atoms with Crippen LogP contribution in [0.5, 0.6) is 5.75 Å². The Morgan fingerprint density at radius 2 is 1.83 bits per heavy atom. The van der Waals surface area contributed by atoms with Gasteiger partial charge in [0.2, 0.25) is 21.5 Å². The minimum Gasteiger partial charge on any atom is -0.618 e. The fourth-order valence-electron chi connectivity index (χ4n) is 6.79. The predicted octanol–water partition coefficient (Wildman–Crippen LogP) is 4.01. The number of nitrogens with zero attached hydrogens (tertiary/aromatic N) is 2. The normalized spacial score (nSPS) is 23.7. The van der Waals surface area contributed by atoms with Gasteiger partial charge in [-0.25, -0.2) is 18.6 Å². The van der Waals surface area contributed by atoms with Crippen molar-refractivity contribution in [3.8, 4) is 5.75 Å². The Balaban J connectivity index is 1.33. The lowest BCUT2D eigenvalue weighted by Crippen LogP contribution is -2.59.